The van der Waals surface area contributed by atoms with Crippen LogP contribution >= 0.6 is 0 Å². The van der Waals surface area contributed by atoms with Crippen molar-refractivity contribution in [2.75, 3.05) is 6.61 Å². The van der Waals surface area contributed by atoms with Crippen LogP contribution in [0.3, 0.4) is 0 Å². The first kappa shape index (κ1) is 24.0. The molecule has 1 amide bonds. The number of hydrogen-bond acceptors (Lipinski definition) is 10. The first-order chi connectivity index (χ1) is 14.5. The van der Waals surface area contributed by atoms with Crippen molar-refractivity contribution < 1.29 is 33.4 Å². The molecular weight excluding hydrogens is 412 g/mol. The molecule has 12 nitrogen and oxygen atoms in total. The third-order valence-corrected chi connectivity index (χ3v) is 4.63. The van der Waals surface area contributed by atoms with Gasteiger partial charge in [-0.1, -0.05) is 20.8 Å². The van der Waals surface area contributed by atoms with E-state index in [9.17, 15) is 24.0 Å². The molecule has 0 spiro atoms. The molecule has 0 bridgehead atoms. The second-order valence-electron chi connectivity index (χ2n) is 7.46. The molecule has 2 heterocycles. The van der Waals surface area contributed by atoms with E-state index in [1.54, 1.807) is 20.8 Å². The van der Waals surface area contributed by atoms with E-state index in [1.807, 2.05) is 0 Å². The maximum absolute atomic E-state index is 12.6. The maximum Gasteiger partial charge on any atom is 0.332 e. The monoisotopic (exact) mass is 438 g/mol. The van der Waals surface area contributed by atoms with E-state index in [0.717, 1.165) is 0 Å². The summed E-state index contributed by atoms with van der Waals surface area (Å²) in [6.45, 7) is 7.40. The topological polar surface area (TPSA) is 167 Å². The Morgan fingerprint density at radius 2 is 1.90 bits per heavy atom. The van der Waals surface area contributed by atoms with E-state index in [2.05, 4.69) is 20.5 Å². The average Bonchev–Trinajstić information content (AvgIpc) is 2.72. The lowest BCUT2D eigenvalue weighted by Crippen LogP contribution is -2.48. The minimum atomic E-state index is -1.40. The summed E-state index contributed by atoms with van der Waals surface area (Å²) in [6.07, 6.45) is -1.79. The van der Waals surface area contributed by atoms with Gasteiger partial charge in [0, 0.05) is 0 Å². The highest BCUT2D eigenvalue weighted by atomic mass is 16.6. The van der Waals surface area contributed by atoms with Crippen LogP contribution < -0.4 is 10.9 Å². The van der Waals surface area contributed by atoms with Gasteiger partial charge in [0.05, 0.1) is 11.8 Å². The minimum absolute atomic E-state index is 0.207. The van der Waals surface area contributed by atoms with E-state index in [0.29, 0.717) is 0 Å². The summed E-state index contributed by atoms with van der Waals surface area (Å²) >= 11 is 0. The van der Waals surface area contributed by atoms with Crippen molar-refractivity contribution in [3.8, 4) is 0 Å². The number of H-pyrrole nitrogens is 1. The Morgan fingerprint density at radius 3 is 2.48 bits per heavy atom. The molecule has 1 fully saturated rings. The van der Waals surface area contributed by atoms with E-state index in [4.69, 9.17) is 14.2 Å². The van der Waals surface area contributed by atoms with Crippen molar-refractivity contribution in [1.82, 2.24) is 20.5 Å². The molecule has 1 aliphatic heterocycles. The van der Waals surface area contributed by atoms with Crippen molar-refractivity contribution in [1.29, 1.82) is 0 Å². The quantitative estimate of drug-likeness (QED) is 0.458. The molecule has 1 aliphatic rings. The predicted octanol–water partition coefficient (Wildman–Crippen LogP) is -0.346. The van der Waals surface area contributed by atoms with Crippen LogP contribution in [0, 0.1) is 18.8 Å². The third-order valence-electron chi connectivity index (χ3n) is 4.63. The molecule has 2 N–H and O–H groups in total. The van der Waals surface area contributed by atoms with Gasteiger partial charge in [-0.25, -0.2) is 4.79 Å². The molecule has 0 saturated carbocycles. The highest BCUT2D eigenvalue weighted by Crippen LogP contribution is 2.23. The molecule has 0 unspecified atom stereocenters. The number of aromatic nitrogens is 3. The van der Waals surface area contributed by atoms with Crippen LogP contribution in [-0.4, -0.2) is 63.9 Å². The van der Waals surface area contributed by atoms with Gasteiger partial charge >= 0.3 is 17.9 Å². The van der Waals surface area contributed by atoms with Crippen molar-refractivity contribution >= 4 is 23.8 Å². The largest absolute Gasteiger partial charge is 0.463 e. The maximum atomic E-state index is 12.6. The number of esters is 3. The Kier molecular flexibility index (Phi) is 7.83. The molecule has 0 radical (unpaired) electrons. The second kappa shape index (κ2) is 10.1. The Hall–Kier alpha value is -3.31. The Labute approximate surface area is 178 Å². The summed E-state index contributed by atoms with van der Waals surface area (Å²) in [7, 11) is 0. The highest BCUT2D eigenvalue weighted by molar-refractivity contribution is 5.95. The average molecular weight is 438 g/mol. The second-order valence-corrected chi connectivity index (χ2v) is 7.46. The molecule has 31 heavy (non-hydrogen) atoms. The van der Waals surface area contributed by atoms with E-state index in [1.165, 1.54) is 13.8 Å². The number of nitrogens with one attached hydrogen (secondary N) is 2. The van der Waals surface area contributed by atoms with E-state index < -0.39 is 71.8 Å². The van der Waals surface area contributed by atoms with Crippen LogP contribution in [0.4, 0.5) is 0 Å². The number of carbonyl (C=O) groups excluding carboxylic acids is 4. The van der Waals surface area contributed by atoms with Gasteiger partial charge in [0.25, 0.3) is 11.5 Å². The number of aryl methyl sites for hydroxylation is 1. The fourth-order valence-corrected chi connectivity index (χ4v) is 2.88. The lowest BCUT2D eigenvalue weighted by Gasteiger charge is -2.29. The standard InChI is InChI=1S/C19H26N4O8/c1-6-11-14(31-17(26)8(2)3)9(4)30-19(28)12(7-29-18(11)27)21-16(25)13-15(24)20-10(5)22-23-13/h8-9,11-12,14H,6-7H2,1-5H3,(H,21,25)(H,20,22,24)/t9-,11+,12-,14-/m0/s1. The zero-order chi connectivity index (χ0) is 23.3. The van der Waals surface area contributed by atoms with Crippen molar-refractivity contribution in [3.63, 3.8) is 0 Å². The molecule has 0 aliphatic carbocycles. The number of hydrogen-bond donors (Lipinski definition) is 2. The highest BCUT2D eigenvalue weighted by Gasteiger charge is 2.41. The molecule has 4 atom stereocenters. The van der Waals surface area contributed by atoms with Crippen molar-refractivity contribution in [3.05, 3.63) is 21.9 Å². The normalized spacial score (nSPS) is 24.3. The van der Waals surface area contributed by atoms with Gasteiger partial charge in [-0.05, 0) is 20.3 Å². The van der Waals surface area contributed by atoms with Crippen LogP contribution in [0.15, 0.2) is 4.79 Å². The SMILES string of the molecule is CC[C@H]1C(=O)OC[C@H](NC(=O)c2nnc(C)[nH]c2=O)C(=O)O[C@@H](C)[C@@H]1OC(=O)C(C)C. The lowest BCUT2D eigenvalue weighted by molar-refractivity contribution is -0.176. The number of nitrogens with zero attached hydrogens (tertiary/aromatic N) is 2. The van der Waals surface area contributed by atoms with Gasteiger partial charge in [-0.15, -0.1) is 10.2 Å². The minimum Gasteiger partial charge on any atom is -0.463 e. The van der Waals surface area contributed by atoms with Crippen LogP contribution in [-0.2, 0) is 28.6 Å². The molecule has 1 aromatic heterocycles. The number of rotatable bonds is 5. The fourth-order valence-electron chi connectivity index (χ4n) is 2.88. The Bertz CT molecular complexity index is 912. The zero-order valence-electron chi connectivity index (χ0n) is 18.0. The molecule has 0 aromatic carbocycles. The summed E-state index contributed by atoms with van der Waals surface area (Å²) in [6, 6.07) is -1.40. The van der Waals surface area contributed by atoms with Crippen LogP contribution in [0.2, 0.25) is 0 Å². The van der Waals surface area contributed by atoms with E-state index >= 15 is 0 Å². The number of cyclic esters (lactones) is 2. The first-order valence-electron chi connectivity index (χ1n) is 9.87. The molecule has 1 saturated heterocycles. The summed E-state index contributed by atoms with van der Waals surface area (Å²) in [5, 5.41) is 9.39. The number of amides is 1. The number of ether oxygens (including phenoxy) is 3. The van der Waals surface area contributed by atoms with Gasteiger partial charge < -0.3 is 24.5 Å². The van der Waals surface area contributed by atoms with Crippen LogP contribution in [0.25, 0.3) is 0 Å². The predicted molar refractivity (Wildman–Crippen MR) is 104 cm³/mol. The summed E-state index contributed by atoms with van der Waals surface area (Å²) in [4.78, 5) is 63.9. The summed E-state index contributed by atoms with van der Waals surface area (Å²) < 4.78 is 16.0. The van der Waals surface area contributed by atoms with Gasteiger partial charge in [-0.2, -0.15) is 0 Å². The van der Waals surface area contributed by atoms with Gasteiger partial charge in [0.1, 0.15) is 18.5 Å². The number of carbonyl (C=O) groups is 4. The summed E-state index contributed by atoms with van der Waals surface area (Å²) in [5.74, 6) is -4.29. The fraction of sp³-hybridized carbons (Fsp3) is 0.632. The Morgan fingerprint density at radius 1 is 1.23 bits per heavy atom. The first-order valence-corrected chi connectivity index (χ1v) is 9.87. The number of aromatic amines is 1. The molecular formula is C19H26N4O8. The molecule has 2 rings (SSSR count). The van der Waals surface area contributed by atoms with Gasteiger partial charge in [0.2, 0.25) is 5.69 Å². The summed E-state index contributed by atoms with van der Waals surface area (Å²) in [5.41, 5.74) is -1.36. The van der Waals surface area contributed by atoms with Crippen molar-refractivity contribution in [2.45, 2.75) is 59.3 Å². The van der Waals surface area contributed by atoms with Crippen LogP contribution in [0.5, 0.6) is 0 Å². The van der Waals surface area contributed by atoms with E-state index in [-0.39, 0.29) is 12.2 Å². The molecule has 1 aromatic rings. The third kappa shape index (κ3) is 5.86. The van der Waals surface area contributed by atoms with Crippen molar-refractivity contribution in [2.24, 2.45) is 11.8 Å². The smallest absolute Gasteiger partial charge is 0.332 e. The van der Waals surface area contributed by atoms with Gasteiger partial charge in [-0.3, -0.25) is 19.2 Å². The van der Waals surface area contributed by atoms with Gasteiger partial charge in [0.15, 0.2) is 12.1 Å². The molecule has 12 heteroatoms. The van der Waals surface area contributed by atoms with Crippen LogP contribution in [0.1, 0.15) is 50.4 Å². The Balaban J connectivity index is 2.24. The zero-order valence-corrected chi connectivity index (χ0v) is 18.0. The molecule has 170 valence electrons. The lowest BCUT2D eigenvalue weighted by atomic mass is 9.95.